The normalized spacial score (nSPS) is 22.6. The van der Waals surface area contributed by atoms with E-state index in [2.05, 4.69) is 55.3 Å². The third-order valence-corrected chi connectivity index (χ3v) is 4.40. The number of rotatable bonds is 5. The van der Waals surface area contributed by atoms with Crippen LogP contribution in [-0.4, -0.2) is 29.9 Å². The minimum atomic E-state index is 0.172. The minimum absolute atomic E-state index is 0.172. The van der Waals surface area contributed by atoms with Crippen LogP contribution in [0.1, 0.15) is 51.6 Å². The highest BCUT2D eigenvalue weighted by atomic mass is 16.2. The second kappa shape index (κ2) is 7.60. The Morgan fingerprint density at radius 3 is 2.67 bits per heavy atom. The Hall–Kier alpha value is -1.35. The van der Waals surface area contributed by atoms with E-state index in [4.69, 9.17) is 0 Å². The first-order chi connectivity index (χ1) is 10.1. The predicted molar refractivity (Wildman–Crippen MR) is 87.0 cm³/mol. The highest BCUT2D eigenvalue weighted by Crippen LogP contribution is 2.26. The van der Waals surface area contributed by atoms with Crippen molar-refractivity contribution >= 4 is 5.91 Å². The summed E-state index contributed by atoms with van der Waals surface area (Å²) in [5.41, 5.74) is 1.23. The number of carbonyl (C=O) groups is 1. The summed E-state index contributed by atoms with van der Waals surface area (Å²) in [6, 6.07) is 11.0. The number of hydrogen-bond acceptors (Lipinski definition) is 2. The van der Waals surface area contributed by atoms with Gasteiger partial charge in [-0.15, -0.1) is 0 Å². The van der Waals surface area contributed by atoms with Crippen LogP contribution in [0.2, 0.25) is 0 Å². The van der Waals surface area contributed by atoms with E-state index in [0.717, 1.165) is 25.9 Å². The van der Waals surface area contributed by atoms with Crippen molar-refractivity contribution in [3.63, 3.8) is 0 Å². The molecule has 0 spiro atoms. The summed E-state index contributed by atoms with van der Waals surface area (Å²) in [6.07, 6.45) is 2.72. The van der Waals surface area contributed by atoms with Crippen LogP contribution in [0, 0.1) is 5.92 Å². The molecule has 2 unspecified atom stereocenters. The number of nitrogens with one attached hydrogen (secondary N) is 1. The Bertz CT molecular complexity index is 444. The molecule has 2 atom stereocenters. The average Bonchev–Trinajstić information content (AvgIpc) is 2.52. The van der Waals surface area contributed by atoms with E-state index in [-0.39, 0.29) is 6.04 Å². The maximum absolute atomic E-state index is 12.6. The smallest absolute Gasteiger partial charge is 0.223 e. The third kappa shape index (κ3) is 4.07. The van der Waals surface area contributed by atoms with Gasteiger partial charge in [-0.1, -0.05) is 57.5 Å². The zero-order chi connectivity index (χ0) is 15.2. The first-order valence-electron chi connectivity index (χ1n) is 8.21. The van der Waals surface area contributed by atoms with Crippen LogP contribution in [0.5, 0.6) is 0 Å². The van der Waals surface area contributed by atoms with Gasteiger partial charge in [0.2, 0.25) is 5.91 Å². The maximum Gasteiger partial charge on any atom is 0.223 e. The van der Waals surface area contributed by atoms with Gasteiger partial charge in [-0.25, -0.2) is 0 Å². The zero-order valence-corrected chi connectivity index (χ0v) is 13.5. The van der Waals surface area contributed by atoms with Crippen molar-refractivity contribution in [3.8, 4) is 0 Å². The molecule has 1 aliphatic rings. The van der Waals surface area contributed by atoms with Gasteiger partial charge in [-0.05, 0) is 17.9 Å². The van der Waals surface area contributed by atoms with Gasteiger partial charge in [0.1, 0.15) is 0 Å². The number of carbonyl (C=O) groups excluding carboxylic acids is 1. The van der Waals surface area contributed by atoms with Crippen LogP contribution < -0.4 is 5.32 Å². The van der Waals surface area contributed by atoms with Crippen molar-refractivity contribution in [1.29, 1.82) is 0 Å². The van der Waals surface area contributed by atoms with Crippen LogP contribution >= 0.6 is 0 Å². The van der Waals surface area contributed by atoms with E-state index in [1.807, 2.05) is 6.07 Å². The Morgan fingerprint density at radius 2 is 2.05 bits per heavy atom. The molecule has 1 aromatic rings. The molecular formula is C18H28N2O. The SMILES string of the molecule is CCCCC(=O)N1CC(C(C)C)NCC1c1ccccc1. The monoisotopic (exact) mass is 288 g/mol. The number of unbranched alkanes of at least 4 members (excludes halogenated alkanes) is 1. The van der Waals surface area contributed by atoms with Gasteiger partial charge in [0.05, 0.1) is 6.04 Å². The minimum Gasteiger partial charge on any atom is -0.333 e. The van der Waals surface area contributed by atoms with Gasteiger partial charge >= 0.3 is 0 Å². The number of piperazine rings is 1. The van der Waals surface area contributed by atoms with Crippen molar-refractivity contribution < 1.29 is 4.79 Å². The molecule has 0 radical (unpaired) electrons. The molecule has 3 nitrogen and oxygen atoms in total. The molecule has 2 rings (SSSR count). The molecule has 0 aliphatic carbocycles. The summed E-state index contributed by atoms with van der Waals surface area (Å²) < 4.78 is 0. The Kier molecular flexibility index (Phi) is 5.80. The predicted octanol–water partition coefficient (Wildman–Crippen LogP) is 3.37. The lowest BCUT2D eigenvalue weighted by Gasteiger charge is -2.42. The molecule has 3 heteroatoms. The van der Waals surface area contributed by atoms with Gasteiger partial charge in [-0.2, -0.15) is 0 Å². The van der Waals surface area contributed by atoms with E-state index in [9.17, 15) is 4.79 Å². The van der Waals surface area contributed by atoms with Gasteiger partial charge in [0.25, 0.3) is 0 Å². The molecule has 1 saturated heterocycles. The van der Waals surface area contributed by atoms with E-state index >= 15 is 0 Å². The summed E-state index contributed by atoms with van der Waals surface area (Å²) in [7, 11) is 0. The Morgan fingerprint density at radius 1 is 1.33 bits per heavy atom. The van der Waals surface area contributed by atoms with Crippen molar-refractivity contribution in [2.24, 2.45) is 5.92 Å². The second-order valence-electron chi connectivity index (χ2n) is 6.33. The number of benzene rings is 1. The van der Waals surface area contributed by atoms with E-state index in [0.29, 0.717) is 24.3 Å². The van der Waals surface area contributed by atoms with Gasteiger partial charge in [0, 0.05) is 25.6 Å². The van der Waals surface area contributed by atoms with Crippen LogP contribution in [0.15, 0.2) is 30.3 Å². The molecule has 1 N–H and O–H groups in total. The quantitative estimate of drug-likeness (QED) is 0.901. The summed E-state index contributed by atoms with van der Waals surface area (Å²) >= 11 is 0. The highest BCUT2D eigenvalue weighted by molar-refractivity contribution is 5.77. The van der Waals surface area contributed by atoms with Crippen LogP contribution in [0.3, 0.4) is 0 Å². The summed E-state index contributed by atoms with van der Waals surface area (Å²) in [6.45, 7) is 8.24. The van der Waals surface area contributed by atoms with E-state index in [1.165, 1.54) is 5.56 Å². The first-order valence-corrected chi connectivity index (χ1v) is 8.21. The lowest BCUT2D eigenvalue weighted by molar-refractivity contribution is -0.135. The van der Waals surface area contributed by atoms with Crippen molar-refractivity contribution in [1.82, 2.24) is 10.2 Å². The average molecular weight is 288 g/mol. The lowest BCUT2D eigenvalue weighted by Crippen LogP contribution is -2.55. The maximum atomic E-state index is 12.6. The highest BCUT2D eigenvalue weighted by Gasteiger charge is 2.32. The number of amides is 1. The van der Waals surface area contributed by atoms with Crippen LogP contribution in [0.4, 0.5) is 0 Å². The molecule has 21 heavy (non-hydrogen) atoms. The topological polar surface area (TPSA) is 32.3 Å². The standard InChI is InChI=1S/C18H28N2O/c1-4-5-11-18(21)20-13-16(14(2)3)19-12-17(20)15-9-7-6-8-10-15/h6-10,14,16-17,19H,4-5,11-13H2,1-3H3. The fourth-order valence-electron chi connectivity index (χ4n) is 2.94. The van der Waals surface area contributed by atoms with Crippen molar-refractivity contribution in [3.05, 3.63) is 35.9 Å². The van der Waals surface area contributed by atoms with Gasteiger partial charge in [0.15, 0.2) is 0 Å². The fourth-order valence-corrected chi connectivity index (χ4v) is 2.94. The first kappa shape index (κ1) is 16.0. The molecule has 0 bridgehead atoms. The molecule has 116 valence electrons. The van der Waals surface area contributed by atoms with Gasteiger partial charge < -0.3 is 10.2 Å². The van der Waals surface area contributed by atoms with Crippen molar-refractivity contribution in [2.45, 2.75) is 52.1 Å². The zero-order valence-electron chi connectivity index (χ0n) is 13.5. The van der Waals surface area contributed by atoms with Gasteiger partial charge in [-0.3, -0.25) is 4.79 Å². The molecular weight excluding hydrogens is 260 g/mol. The molecule has 1 aromatic carbocycles. The third-order valence-electron chi connectivity index (χ3n) is 4.40. The summed E-state index contributed by atoms with van der Waals surface area (Å²) in [5, 5.41) is 3.61. The van der Waals surface area contributed by atoms with E-state index in [1.54, 1.807) is 0 Å². The summed E-state index contributed by atoms with van der Waals surface area (Å²) in [5.74, 6) is 0.848. The Balaban J connectivity index is 2.16. The summed E-state index contributed by atoms with van der Waals surface area (Å²) in [4.78, 5) is 14.7. The Labute approximate surface area is 128 Å². The molecule has 1 amide bonds. The fraction of sp³-hybridized carbons (Fsp3) is 0.611. The number of hydrogen-bond donors (Lipinski definition) is 1. The van der Waals surface area contributed by atoms with E-state index < -0.39 is 0 Å². The number of nitrogens with zero attached hydrogens (tertiary/aromatic N) is 1. The molecule has 1 aliphatic heterocycles. The molecule has 1 heterocycles. The van der Waals surface area contributed by atoms with Crippen LogP contribution in [-0.2, 0) is 4.79 Å². The lowest BCUT2D eigenvalue weighted by atomic mass is 9.95. The largest absolute Gasteiger partial charge is 0.333 e. The second-order valence-corrected chi connectivity index (χ2v) is 6.33. The van der Waals surface area contributed by atoms with Crippen molar-refractivity contribution in [2.75, 3.05) is 13.1 Å². The molecule has 1 fully saturated rings. The molecule has 0 saturated carbocycles. The molecule has 0 aromatic heterocycles. The van der Waals surface area contributed by atoms with Crippen LogP contribution in [0.25, 0.3) is 0 Å².